The summed E-state index contributed by atoms with van der Waals surface area (Å²) in [5, 5.41) is 20.7. The highest BCUT2D eigenvalue weighted by atomic mass is 35.5. The molecule has 2 fully saturated rings. The lowest BCUT2D eigenvalue weighted by Crippen LogP contribution is -2.45. The summed E-state index contributed by atoms with van der Waals surface area (Å²) in [6.07, 6.45) is 10.7. The van der Waals surface area contributed by atoms with Crippen LogP contribution in [0.1, 0.15) is 54.2 Å². The second kappa shape index (κ2) is 12.1. The van der Waals surface area contributed by atoms with Crippen LogP contribution in [-0.4, -0.2) is 67.2 Å². The monoisotopic (exact) mass is 595 g/mol. The summed E-state index contributed by atoms with van der Waals surface area (Å²) in [5.41, 5.74) is 5.38. The SMILES string of the molecule is OCC1(c2ccc(Cl)cc2)CCN(c2cccn3nc(Cc4cnn(C5CCN(Cc6ccccc6)CC5)c4)nc23)CC1. The van der Waals surface area contributed by atoms with Gasteiger partial charge in [-0.1, -0.05) is 54.1 Å². The van der Waals surface area contributed by atoms with E-state index in [1.54, 1.807) is 0 Å². The maximum absolute atomic E-state index is 10.4. The van der Waals surface area contributed by atoms with E-state index in [4.69, 9.17) is 26.8 Å². The van der Waals surface area contributed by atoms with Crippen molar-refractivity contribution in [3.05, 3.63) is 113 Å². The quantitative estimate of drug-likeness (QED) is 0.254. The first kappa shape index (κ1) is 28.1. The van der Waals surface area contributed by atoms with Crippen molar-refractivity contribution in [2.45, 2.75) is 50.1 Å². The molecule has 222 valence electrons. The lowest BCUT2D eigenvalue weighted by Gasteiger charge is -2.42. The third kappa shape index (κ3) is 5.92. The highest BCUT2D eigenvalue weighted by molar-refractivity contribution is 6.30. The highest BCUT2D eigenvalue weighted by Gasteiger charge is 2.36. The Morgan fingerprint density at radius 3 is 2.40 bits per heavy atom. The van der Waals surface area contributed by atoms with Gasteiger partial charge in [0.1, 0.15) is 0 Å². The number of piperidine rings is 2. The first-order chi connectivity index (χ1) is 21.1. The molecule has 0 bridgehead atoms. The van der Waals surface area contributed by atoms with Crippen molar-refractivity contribution < 1.29 is 5.11 Å². The molecule has 1 N–H and O–H groups in total. The summed E-state index contributed by atoms with van der Waals surface area (Å²) in [4.78, 5) is 9.90. The molecule has 7 rings (SSSR count). The number of halogens is 1. The molecule has 0 radical (unpaired) electrons. The van der Waals surface area contributed by atoms with E-state index < -0.39 is 0 Å². The predicted octanol–water partition coefficient (Wildman–Crippen LogP) is 5.54. The van der Waals surface area contributed by atoms with Crippen molar-refractivity contribution in [1.29, 1.82) is 0 Å². The van der Waals surface area contributed by atoms with Crippen LogP contribution in [0.25, 0.3) is 5.65 Å². The molecule has 2 saturated heterocycles. The molecule has 0 spiro atoms. The lowest BCUT2D eigenvalue weighted by atomic mass is 9.73. The Kier molecular flexibility index (Phi) is 7.91. The molecule has 43 heavy (non-hydrogen) atoms. The van der Waals surface area contributed by atoms with Crippen molar-refractivity contribution in [2.24, 2.45) is 0 Å². The fourth-order valence-corrected chi connectivity index (χ4v) is 6.94. The maximum atomic E-state index is 10.4. The Morgan fingerprint density at radius 1 is 0.884 bits per heavy atom. The molecule has 2 aliphatic heterocycles. The number of aromatic nitrogens is 5. The van der Waals surface area contributed by atoms with Gasteiger partial charge in [-0.3, -0.25) is 9.58 Å². The normalized spacial score (nSPS) is 18.0. The standard InChI is InChI=1S/C34H38ClN7O/c35-29-10-8-28(9-11-29)34(25-43)14-19-40(20-15-34)31-7-4-16-41-33(31)37-32(38-41)21-27-22-36-42(24-27)30-12-17-39(18-13-30)23-26-5-2-1-3-6-26/h1-11,16,22,24,30,43H,12-15,17-21,23,25H2. The molecule has 0 saturated carbocycles. The number of aliphatic hydroxyl groups excluding tert-OH is 1. The fraction of sp³-hybridized carbons (Fsp3) is 0.382. The van der Waals surface area contributed by atoms with Gasteiger partial charge >= 0.3 is 0 Å². The number of benzene rings is 2. The minimum Gasteiger partial charge on any atom is -0.395 e. The van der Waals surface area contributed by atoms with Gasteiger partial charge in [0, 0.05) is 62.0 Å². The van der Waals surface area contributed by atoms with Crippen LogP contribution in [0.4, 0.5) is 5.69 Å². The summed E-state index contributed by atoms with van der Waals surface area (Å²) in [5.74, 6) is 0.799. The predicted molar refractivity (Wildman–Crippen MR) is 170 cm³/mol. The zero-order valence-electron chi connectivity index (χ0n) is 24.4. The van der Waals surface area contributed by atoms with Crippen LogP contribution >= 0.6 is 11.6 Å². The molecular weight excluding hydrogens is 558 g/mol. The number of anilines is 1. The van der Waals surface area contributed by atoms with Gasteiger partial charge in [0.25, 0.3) is 0 Å². The van der Waals surface area contributed by atoms with E-state index in [1.165, 1.54) is 5.56 Å². The molecule has 5 heterocycles. The minimum atomic E-state index is -0.246. The van der Waals surface area contributed by atoms with Crippen LogP contribution in [0.15, 0.2) is 85.3 Å². The van der Waals surface area contributed by atoms with Crippen molar-refractivity contribution >= 4 is 22.9 Å². The molecule has 2 aliphatic rings. The van der Waals surface area contributed by atoms with Crippen molar-refractivity contribution in [3.8, 4) is 0 Å². The van der Waals surface area contributed by atoms with Crippen LogP contribution in [0.2, 0.25) is 5.02 Å². The fourth-order valence-electron chi connectivity index (χ4n) is 6.81. The Balaban J connectivity index is 0.996. The maximum Gasteiger partial charge on any atom is 0.178 e. The van der Waals surface area contributed by atoms with E-state index in [-0.39, 0.29) is 12.0 Å². The van der Waals surface area contributed by atoms with Crippen LogP contribution in [0, 0.1) is 0 Å². The van der Waals surface area contributed by atoms with E-state index in [0.29, 0.717) is 12.5 Å². The van der Waals surface area contributed by atoms with E-state index in [2.05, 4.69) is 69.2 Å². The van der Waals surface area contributed by atoms with E-state index >= 15 is 0 Å². The third-order valence-corrected chi connectivity index (χ3v) is 9.66. The average molecular weight is 596 g/mol. The second-order valence-electron chi connectivity index (χ2n) is 12.1. The molecule has 9 heteroatoms. The van der Waals surface area contributed by atoms with Gasteiger partial charge < -0.3 is 10.0 Å². The number of hydrogen-bond acceptors (Lipinski definition) is 6. The summed E-state index contributed by atoms with van der Waals surface area (Å²) in [6.45, 7) is 4.98. The zero-order chi connectivity index (χ0) is 29.2. The van der Waals surface area contributed by atoms with Gasteiger partial charge in [0.15, 0.2) is 11.5 Å². The van der Waals surface area contributed by atoms with Gasteiger partial charge in [-0.15, -0.1) is 0 Å². The first-order valence-electron chi connectivity index (χ1n) is 15.3. The third-order valence-electron chi connectivity index (χ3n) is 9.40. The number of aliphatic hydroxyl groups is 1. The largest absolute Gasteiger partial charge is 0.395 e. The molecule has 5 aromatic rings. The van der Waals surface area contributed by atoms with Crippen molar-refractivity contribution in [3.63, 3.8) is 0 Å². The van der Waals surface area contributed by atoms with Crippen molar-refractivity contribution in [2.75, 3.05) is 37.7 Å². The molecule has 0 amide bonds. The Hall–Kier alpha value is -3.72. The summed E-state index contributed by atoms with van der Waals surface area (Å²) in [6, 6.07) is 23.3. The molecule has 0 unspecified atom stereocenters. The molecule has 8 nitrogen and oxygen atoms in total. The molecule has 3 aromatic heterocycles. The molecular formula is C34H38ClN7O. The number of nitrogens with zero attached hydrogens (tertiary/aromatic N) is 7. The van der Waals surface area contributed by atoms with E-state index in [1.807, 2.05) is 35.1 Å². The number of likely N-dealkylation sites (tertiary alicyclic amines) is 1. The topological polar surface area (TPSA) is 74.7 Å². The highest BCUT2D eigenvalue weighted by Crippen LogP contribution is 2.38. The van der Waals surface area contributed by atoms with E-state index in [0.717, 1.165) is 91.7 Å². The number of pyridine rings is 1. The summed E-state index contributed by atoms with van der Waals surface area (Å²) in [7, 11) is 0. The van der Waals surface area contributed by atoms with E-state index in [9.17, 15) is 5.11 Å². The minimum absolute atomic E-state index is 0.127. The first-order valence-corrected chi connectivity index (χ1v) is 15.7. The van der Waals surface area contributed by atoms with Crippen molar-refractivity contribution in [1.82, 2.24) is 29.3 Å². The van der Waals surface area contributed by atoms with Gasteiger partial charge in [-0.25, -0.2) is 9.50 Å². The second-order valence-corrected chi connectivity index (χ2v) is 12.6. The van der Waals surface area contributed by atoms with Crippen LogP contribution < -0.4 is 4.90 Å². The summed E-state index contributed by atoms with van der Waals surface area (Å²) < 4.78 is 4.04. The Morgan fingerprint density at radius 2 is 1.65 bits per heavy atom. The number of fused-ring (bicyclic) bond motifs is 1. The van der Waals surface area contributed by atoms with Gasteiger partial charge in [0.05, 0.1) is 24.5 Å². The Bertz CT molecular complexity index is 1650. The van der Waals surface area contributed by atoms with Gasteiger partial charge in [0.2, 0.25) is 0 Å². The number of hydrogen-bond donors (Lipinski definition) is 1. The Labute approximate surface area is 257 Å². The smallest absolute Gasteiger partial charge is 0.178 e. The van der Waals surface area contributed by atoms with Crippen LogP contribution in [-0.2, 0) is 18.4 Å². The summed E-state index contributed by atoms with van der Waals surface area (Å²) >= 11 is 6.12. The van der Waals surface area contributed by atoms with Crippen LogP contribution in [0.5, 0.6) is 0 Å². The lowest BCUT2D eigenvalue weighted by molar-refractivity contribution is 0.165. The zero-order valence-corrected chi connectivity index (χ0v) is 25.2. The molecule has 0 aliphatic carbocycles. The van der Waals surface area contributed by atoms with Gasteiger partial charge in [-0.2, -0.15) is 10.2 Å². The number of rotatable bonds is 8. The average Bonchev–Trinajstić information content (AvgIpc) is 3.69. The van der Waals surface area contributed by atoms with Gasteiger partial charge in [-0.05, 0) is 66.6 Å². The molecule has 2 aromatic carbocycles. The van der Waals surface area contributed by atoms with Crippen LogP contribution in [0.3, 0.4) is 0 Å². The molecule has 0 atom stereocenters.